The summed E-state index contributed by atoms with van der Waals surface area (Å²) in [7, 11) is 0. The van der Waals surface area contributed by atoms with Crippen molar-refractivity contribution in [2.75, 3.05) is 11.5 Å². The molecule has 5 aromatic rings. The average Bonchev–Trinajstić information content (AvgIpc) is 3.28. The molecular weight excluding hydrogens is 440 g/mol. The summed E-state index contributed by atoms with van der Waals surface area (Å²) in [6.45, 7) is 3.89. The van der Waals surface area contributed by atoms with Crippen LogP contribution in [0.2, 0.25) is 0 Å². The Morgan fingerprint density at radius 3 is 2.17 bits per heavy atom. The summed E-state index contributed by atoms with van der Waals surface area (Å²) in [6, 6.07) is 23.9. The Hall–Kier alpha value is -4.52. The van der Waals surface area contributed by atoms with Gasteiger partial charge in [-0.1, -0.05) is 60.7 Å². The van der Waals surface area contributed by atoms with E-state index in [-0.39, 0.29) is 19.1 Å². The number of anilines is 1. The largest absolute Gasteiger partial charge is 0.466 e. The third-order valence-electron chi connectivity index (χ3n) is 5.99. The molecule has 7 nitrogen and oxygen atoms in total. The summed E-state index contributed by atoms with van der Waals surface area (Å²) in [5, 5.41) is 0. The molecule has 7 heteroatoms. The van der Waals surface area contributed by atoms with Crippen LogP contribution >= 0.6 is 0 Å². The molecule has 2 aromatic carbocycles. The zero-order valence-electron chi connectivity index (χ0n) is 19.4. The second-order valence-electron chi connectivity index (χ2n) is 8.54. The van der Waals surface area contributed by atoms with Crippen LogP contribution in [0.15, 0.2) is 77.2 Å². The number of carbonyl (C=O) groups is 1. The van der Waals surface area contributed by atoms with E-state index in [1.165, 1.54) is 0 Å². The molecule has 1 aliphatic rings. The Balaban J connectivity index is 1.46. The van der Waals surface area contributed by atoms with Gasteiger partial charge in [0.1, 0.15) is 17.7 Å². The van der Waals surface area contributed by atoms with Crippen LogP contribution in [0.25, 0.3) is 33.5 Å². The first-order chi connectivity index (χ1) is 17.1. The van der Waals surface area contributed by atoms with E-state index in [0.29, 0.717) is 28.7 Å². The molecular formula is C28H22N4O3. The first-order valence-corrected chi connectivity index (χ1v) is 11.4. The van der Waals surface area contributed by atoms with E-state index in [9.17, 15) is 4.79 Å². The number of fused-ring (bicyclic) bond motifs is 2. The van der Waals surface area contributed by atoms with Crippen LogP contribution in [0.4, 0.5) is 5.69 Å². The summed E-state index contributed by atoms with van der Waals surface area (Å²) < 4.78 is 11.8. The molecule has 1 aliphatic heterocycles. The molecule has 0 bridgehead atoms. The standard InChI is InChI=1S/C28H22N4O3/c1-17-13-21(19-9-5-3-6-10-19)25-27(29-17)35-23(31-25)15-32-24(33)16-34-28-26(32)22(14-18(2)30-28)20-11-7-4-8-12-20/h3-14H,15-16H2,1-2H3. The van der Waals surface area contributed by atoms with E-state index in [2.05, 4.69) is 9.97 Å². The molecule has 0 atom stereocenters. The summed E-state index contributed by atoms with van der Waals surface area (Å²) in [5.41, 5.74) is 7.19. The maximum atomic E-state index is 13.1. The van der Waals surface area contributed by atoms with Crippen molar-refractivity contribution >= 4 is 22.8 Å². The van der Waals surface area contributed by atoms with Crippen molar-refractivity contribution in [3.05, 3.63) is 90.1 Å². The van der Waals surface area contributed by atoms with Gasteiger partial charge in [0.05, 0.1) is 0 Å². The summed E-state index contributed by atoms with van der Waals surface area (Å²) in [4.78, 5) is 28.6. The molecule has 1 amide bonds. The number of oxazole rings is 1. The SMILES string of the molecule is Cc1cc(-c2ccccc2)c2c(n1)OCC(=O)N2Cc1nc2c(-c3ccccc3)cc(C)nc2o1. The minimum atomic E-state index is -0.185. The van der Waals surface area contributed by atoms with E-state index >= 15 is 0 Å². The summed E-state index contributed by atoms with van der Waals surface area (Å²) in [6.07, 6.45) is 0. The van der Waals surface area contributed by atoms with Gasteiger partial charge in [0.25, 0.3) is 5.91 Å². The highest BCUT2D eigenvalue weighted by molar-refractivity contribution is 6.02. The zero-order chi connectivity index (χ0) is 23.9. The summed E-state index contributed by atoms with van der Waals surface area (Å²) >= 11 is 0. The molecule has 0 saturated carbocycles. The molecule has 0 N–H and O–H groups in total. The Kier molecular flexibility index (Phi) is 5.03. The Morgan fingerprint density at radius 1 is 0.829 bits per heavy atom. The Labute approximate surface area is 202 Å². The van der Waals surface area contributed by atoms with Gasteiger partial charge in [-0.15, -0.1) is 0 Å². The fourth-order valence-electron chi connectivity index (χ4n) is 4.45. The first kappa shape index (κ1) is 21.0. The molecule has 0 aliphatic carbocycles. The molecule has 172 valence electrons. The number of benzene rings is 2. The predicted octanol–water partition coefficient (Wildman–Crippen LogP) is 5.49. The van der Waals surface area contributed by atoms with Crippen molar-refractivity contribution in [2.45, 2.75) is 20.4 Å². The molecule has 0 unspecified atom stereocenters. The third kappa shape index (κ3) is 3.81. The second kappa shape index (κ2) is 8.36. The van der Waals surface area contributed by atoms with Gasteiger partial charge in [-0.25, -0.2) is 15.0 Å². The number of nitrogens with zero attached hydrogens (tertiary/aromatic N) is 4. The van der Waals surface area contributed by atoms with Gasteiger partial charge in [-0.3, -0.25) is 9.69 Å². The van der Waals surface area contributed by atoms with Gasteiger partial charge in [0.15, 0.2) is 6.61 Å². The third-order valence-corrected chi connectivity index (χ3v) is 5.99. The van der Waals surface area contributed by atoms with Gasteiger partial charge in [-0.05, 0) is 37.1 Å². The molecule has 3 aromatic heterocycles. The molecule has 4 heterocycles. The van der Waals surface area contributed by atoms with Gasteiger partial charge in [0.2, 0.25) is 17.5 Å². The normalized spacial score (nSPS) is 13.1. The lowest BCUT2D eigenvalue weighted by atomic mass is 10.0. The Morgan fingerprint density at radius 2 is 1.46 bits per heavy atom. The van der Waals surface area contributed by atoms with Crippen molar-refractivity contribution in [3.8, 4) is 28.1 Å². The van der Waals surface area contributed by atoms with Crippen LogP contribution in [0.1, 0.15) is 17.3 Å². The minimum Gasteiger partial charge on any atom is -0.466 e. The van der Waals surface area contributed by atoms with Gasteiger partial charge in [0, 0.05) is 22.5 Å². The molecule has 0 saturated heterocycles. The van der Waals surface area contributed by atoms with E-state index in [1.807, 2.05) is 86.6 Å². The molecule has 6 rings (SSSR count). The molecule has 0 fully saturated rings. The van der Waals surface area contributed by atoms with Crippen molar-refractivity contribution in [1.29, 1.82) is 0 Å². The lowest BCUT2D eigenvalue weighted by molar-refractivity contribution is -0.121. The number of aryl methyl sites for hydroxylation is 2. The molecule has 35 heavy (non-hydrogen) atoms. The lowest BCUT2D eigenvalue weighted by Gasteiger charge is -2.30. The fourth-order valence-corrected chi connectivity index (χ4v) is 4.45. The van der Waals surface area contributed by atoms with Gasteiger partial charge < -0.3 is 9.15 Å². The van der Waals surface area contributed by atoms with Gasteiger partial charge in [-0.2, -0.15) is 0 Å². The topological polar surface area (TPSA) is 81.4 Å². The zero-order valence-corrected chi connectivity index (χ0v) is 19.4. The van der Waals surface area contributed by atoms with Crippen LogP contribution < -0.4 is 9.64 Å². The number of hydrogen-bond donors (Lipinski definition) is 0. The van der Waals surface area contributed by atoms with E-state index < -0.39 is 0 Å². The maximum absolute atomic E-state index is 13.1. The second-order valence-corrected chi connectivity index (χ2v) is 8.54. The van der Waals surface area contributed by atoms with E-state index in [1.54, 1.807) is 4.90 Å². The van der Waals surface area contributed by atoms with Crippen molar-refractivity contribution < 1.29 is 13.9 Å². The number of ether oxygens (including phenoxy) is 1. The van der Waals surface area contributed by atoms with Crippen molar-refractivity contribution in [3.63, 3.8) is 0 Å². The van der Waals surface area contributed by atoms with Crippen molar-refractivity contribution in [2.24, 2.45) is 0 Å². The highest BCUT2D eigenvalue weighted by atomic mass is 16.5. The number of hydrogen-bond acceptors (Lipinski definition) is 6. The monoisotopic (exact) mass is 462 g/mol. The number of aromatic nitrogens is 3. The number of carbonyl (C=O) groups excluding carboxylic acids is 1. The van der Waals surface area contributed by atoms with Crippen LogP contribution in [-0.2, 0) is 11.3 Å². The van der Waals surface area contributed by atoms with Crippen LogP contribution in [0.3, 0.4) is 0 Å². The quantitative estimate of drug-likeness (QED) is 0.351. The van der Waals surface area contributed by atoms with Crippen molar-refractivity contribution in [1.82, 2.24) is 15.0 Å². The van der Waals surface area contributed by atoms with Crippen LogP contribution in [0, 0.1) is 13.8 Å². The number of pyridine rings is 2. The highest BCUT2D eigenvalue weighted by Crippen LogP contribution is 2.41. The van der Waals surface area contributed by atoms with E-state index in [4.69, 9.17) is 14.1 Å². The highest BCUT2D eigenvalue weighted by Gasteiger charge is 2.32. The van der Waals surface area contributed by atoms with Gasteiger partial charge >= 0.3 is 0 Å². The average molecular weight is 463 g/mol. The Bertz CT molecular complexity index is 1560. The smallest absolute Gasteiger partial charge is 0.265 e. The molecule has 0 spiro atoms. The first-order valence-electron chi connectivity index (χ1n) is 11.4. The fraction of sp³-hybridized carbons (Fsp3) is 0.143. The number of rotatable bonds is 4. The van der Waals surface area contributed by atoms with Crippen LogP contribution in [0.5, 0.6) is 5.88 Å². The predicted molar refractivity (Wildman–Crippen MR) is 133 cm³/mol. The molecule has 0 radical (unpaired) electrons. The lowest BCUT2D eigenvalue weighted by Crippen LogP contribution is -2.39. The minimum absolute atomic E-state index is 0.0927. The number of amides is 1. The van der Waals surface area contributed by atoms with Crippen LogP contribution in [-0.4, -0.2) is 27.5 Å². The summed E-state index contributed by atoms with van der Waals surface area (Å²) in [5.74, 6) is 0.643. The maximum Gasteiger partial charge on any atom is 0.265 e. The van der Waals surface area contributed by atoms with E-state index in [0.717, 1.165) is 33.6 Å².